The summed E-state index contributed by atoms with van der Waals surface area (Å²) in [5, 5.41) is 0.854. The third kappa shape index (κ3) is 1.70. The van der Waals surface area contributed by atoms with Gasteiger partial charge in [0.05, 0.1) is 0 Å². The van der Waals surface area contributed by atoms with E-state index in [0.717, 1.165) is 17.0 Å². The lowest BCUT2D eigenvalue weighted by atomic mass is 10.1. The van der Waals surface area contributed by atoms with E-state index in [1.54, 1.807) is 6.08 Å². The second-order valence-corrected chi connectivity index (χ2v) is 3.35. The number of hydrogen-bond donors (Lipinski definition) is 0. The predicted octanol–water partition coefficient (Wildman–Crippen LogP) is 3.96. The van der Waals surface area contributed by atoms with E-state index in [0.29, 0.717) is 0 Å². The maximum Gasteiger partial charge on any atom is 0.0472 e. The van der Waals surface area contributed by atoms with Crippen molar-refractivity contribution in [3.63, 3.8) is 0 Å². The third-order valence-corrected chi connectivity index (χ3v) is 2.61. The Morgan fingerprint density at radius 1 is 1.67 bits per heavy atom. The van der Waals surface area contributed by atoms with Crippen LogP contribution in [0.4, 0.5) is 0 Å². The van der Waals surface area contributed by atoms with E-state index < -0.39 is 0 Å². The molecule has 0 atom stereocenters. The Kier molecular flexibility index (Phi) is 2.93. The van der Waals surface area contributed by atoms with Crippen molar-refractivity contribution in [3.8, 4) is 0 Å². The molecule has 0 unspecified atom stereocenters. The zero-order chi connectivity index (χ0) is 9.14. The molecule has 0 N–H and O–H groups in total. The minimum Gasteiger partial charge on any atom is -0.0987 e. The van der Waals surface area contributed by atoms with E-state index in [1.807, 2.05) is 6.92 Å². The van der Waals surface area contributed by atoms with Crippen LogP contribution in [0, 0.1) is 0 Å². The van der Waals surface area contributed by atoms with Gasteiger partial charge in [-0.2, -0.15) is 0 Å². The van der Waals surface area contributed by atoms with E-state index in [4.69, 9.17) is 11.6 Å². The first kappa shape index (κ1) is 9.34. The molecule has 0 aromatic rings. The van der Waals surface area contributed by atoms with Crippen molar-refractivity contribution >= 4 is 11.6 Å². The molecule has 1 aliphatic carbocycles. The van der Waals surface area contributed by atoms with Crippen LogP contribution in [0.15, 0.2) is 46.6 Å². The highest BCUT2D eigenvalue weighted by atomic mass is 35.5. The van der Waals surface area contributed by atoms with Gasteiger partial charge in [0.2, 0.25) is 0 Å². The number of rotatable bonds is 2. The van der Waals surface area contributed by atoms with Crippen molar-refractivity contribution in [1.82, 2.24) is 0 Å². The molecule has 12 heavy (non-hydrogen) atoms. The minimum absolute atomic E-state index is 0.854. The molecule has 0 fully saturated rings. The first-order valence-electron chi connectivity index (χ1n) is 4.02. The second-order valence-electron chi connectivity index (χ2n) is 2.97. The van der Waals surface area contributed by atoms with Crippen LogP contribution in [0.25, 0.3) is 0 Å². The van der Waals surface area contributed by atoms with Crippen LogP contribution in [-0.2, 0) is 0 Å². The van der Waals surface area contributed by atoms with Gasteiger partial charge in [0.25, 0.3) is 0 Å². The summed E-state index contributed by atoms with van der Waals surface area (Å²) in [6, 6.07) is 0. The summed E-state index contributed by atoms with van der Waals surface area (Å²) in [6.07, 6.45) is 6.98. The third-order valence-electron chi connectivity index (χ3n) is 2.08. The Bertz CT molecular complexity index is 280. The van der Waals surface area contributed by atoms with Gasteiger partial charge in [-0.25, -0.2) is 0 Å². The molecule has 0 aromatic carbocycles. The largest absolute Gasteiger partial charge is 0.0987 e. The molecule has 0 radical (unpaired) electrons. The highest BCUT2D eigenvalue weighted by Crippen LogP contribution is 2.30. The molecule has 0 heterocycles. The SMILES string of the molecule is C=C/C(C)=C(/Cl)C1=C(C)C=CC1. The molecule has 0 aromatic heterocycles. The maximum absolute atomic E-state index is 6.14. The lowest BCUT2D eigenvalue weighted by Crippen LogP contribution is -1.84. The van der Waals surface area contributed by atoms with E-state index in [-0.39, 0.29) is 0 Å². The molecule has 1 rings (SSSR count). The Morgan fingerprint density at radius 3 is 2.75 bits per heavy atom. The van der Waals surface area contributed by atoms with Crippen molar-refractivity contribution in [2.75, 3.05) is 0 Å². The topological polar surface area (TPSA) is 0 Å². The molecule has 0 saturated heterocycles. The van der Waals surface area contributed by atoms with Gasteiger partial charge in [-0.1, -0.05) is 36.4 Å². The first-order chi connectivity index (χ1) is 5.66. The molecular formula is C11H13Cl. The molecule has 1 aliphatic rings. The zero-order valence-electron chi connectivity index (χ0n) is 7.52. The summed E-state index contributed by atoms with van der Waals surface area (Å²) in [6.45, 7) is 7.75. The number of allylic oxidation sites excluding steroid dienone is 7. The number of hydrogen-bond acceptors (Lipinski definition) is 0. The van der Waals surface area contributed by atoms with Crippen molar-refractivity contribution in [3.05, 3.63) is 46.6 Å². The Morgan fingerprint density at radius 2 is 2.33 bits per heavy atom. The Hall–Kier alpha value is -0.750. The molecule has 0 nitrogen and oxygen atoms in total. The van der Waals surface area contributed by atoms with Crippen molar-refractivity contribution < 1.29 is 0 Å². The molecule has 0 aliphatic heterocycles. The fourth-order valence-electron chi connectivity index (χ4n) is 1.21. The average molecular weight is 181 g/mol. The van der Waals surface area contributed by atoms with Gasteiger partial charge in [-0.15, -0.1) is 0 Å². The standard InChI is InChI=1S/C11H13Cl/c1-4-8(2)11(12)10-7-5-6-9(10)3/h4-6H,1,7H2,2-3H3/b11-8+. The van der Waals surface area contributed by atoms with Crippen LogP contribution in [0.5, 0.6) is 0 Å². The number of halogens is 1. The van der Waals surface area contributed by atoms with Gasteiger partial charge < -0.3 is 0 Å². The fourth-order valence-corrected chi connectivity index (χ4v) is 1.51. The normalized spacial score (nSPS) is 18.2. The van der Waals surface area contributed by atoms with E-state index in [2.05, 4.69) is 25.7 Å². The van der Waals surface area contributed by atoms with Crippen LogP contribution in [-0.4, -0.2) is 0 Å². The van der Waals surface area contributed by atoms with E-state index in [9.17, 15) is 0 Å². The molecule has 0 bridgehead atoms. The second kappa shape index (κ2) is 3.77. The summed E-state index contributed by atoms with van der Waals surface area (Å²) in [7, 11) is 0. The minimum atomic E-state index is 0.854. The zero-order valence-corrected chi connectivity index (χ0v) is 8.28. The molecule has 0 saturated carbocycles. The molecule has 0 amide bonds. The van der Waals surface area contributed by atoms with Crippen molar-refractivity contribution in [1.29, 1.82) is 0 Å². The molecular weight excluding hydrogens is 168 g/mol. The van der Waals surface area contributed by atoms with Gasteiger partial charge in [0.1, 0.15) is 0 Å². The van der Waals surface area contributed by atoms with E-state index in [1.165, 1.54) is 11.1 Å². The highest BCUT2D eigenvalue weighted by Gasteiger charge is 2.09. The van der Waals surface area contributed by atoms with Crippen molar-refractivity contribution in [2.24, 2.45) is 0 Å². The van der Waals surface area contributed by atoms with Crippen LogP contribution in [0.1, 0.15) is 20.3 Å². The summed E-state index contributed by atoms with van der Waals surface area (Å²) >= 11 is 6.14. The molecule has 1 heteroatoms. The summed E-state index contributed by atoms with van der Waals surface area (Å²) < 4.78 is 0. The Labute approximate surface area is 78.9 Å². The summed E-state index contributed by atoms with van der Waals surface area (Å²) in [5.41, 5.74) is 3.55. The highest BCUT2D eigenvalue weighted by molar-refractivity contribution is 6.32. The summed E-state index contributed by atoms with van der Waals surface area (Å²) in [5.74, 6) is 0. The van der Waals surface area contributed by atoms with Crippen LogP contribution in [0.2, 0.25) is 0 Å². The van der Waals surface area contributed by atoms with Gasteiger partial charge in [-0.05, 0) is 37.0 Å². The summed E-state index contributed by atoms with van der Waals surface area (Å²) in [4.78, 5) is 0. The van der Waals surface area contributed by atoms with Gasteiger partial charge >= 0.3 is 0 Å². The predicted molar refractivity (Wildman–Crippen MR) is 55.2 cm³/mol. The smallest absolute Gasteiger partial charge is 0.0472 e. The first-order valence-corrected chi connectivity index (χ1v) is 4.40. The van der Waals surface area contributed by atoms with Crippen LogP contribution < -0.4 is 0 Å². The molecule has 64 valence electrons. The van der Waals surface area contributed by atoms with Crippen LogP contribution in [0.3, 0.4) is 0 Å². The Balaban J connectivity index is 3.00. The van der Waals surface area contributed by atoms with Gasteiger partial charge in [-0.3, -0.25) is 0 Å². The quantitative estimate of drug-likeness (QED) is 0.565. The maximum atomic E-state index is 6.14. The monoisotopic (exact) mass is 180 g/mol. The van der Waals surface area contributed by atoms with Gasteiger partial charge in [0, 0.05) is 5.03 Å². The van der Waals surface area contributed by atoms with E-state index >= 15 is 0 Å². The molecule has 0 spiro atoms. The van der Waals surface area contributed by atoms with Gasteiger partial charge in [0.15, 0.2) is 0 Å². The fraction of sp³-hybridized carbons (Fsp3) is 0.273. The lowest BCUT2D eigenvalue weighted by Gasteiger charge is -2.04. The van der Waals surface area contributed by atoms with Crippen molar-refractivity contribution in [2.45, 2.75) is 20.3 Å². The lowest BCUT2D eigenvalue weighted by molar-refractivity contribution is 1.26. The van der Waals surface area contributed by atoms with Crippen LogP contribution >= 0.6 is 11.6 Å². The average Bonchev–Trinajstić information content (AvgIpc) is 2.48.